The van der Waals surface area contributed by atoms with Gasteiger partial charge in [-0.1, -0.05) is 6.07 Å². The molecule has 1 N–H and O–H groups in total. The molecule has 1 aliphatic heterocycles. The second-order valence-electron chi connectivity index (χ2n) is 4.46. The van der Waals surface area contributed by atoms with Crippen molar-refractivity contribution in [1.29, 1.82) is 0 Å². The maximum Gasteiger partial charge on any atom is 0.213 e. The number of morpholine rings is 1. The van der Waals surface area contributed by atoms with Gasteiger partial charge in [0.1, 0.15) is 0 Å². The van der Waals surface area contributed by atoms with Crippen molar-refractivity contribution in [1.82, 2.24) is 15.2 Å². The third-order valence-electron chi connectivity index (χ3n) is 3.03. The topological polar surface area (TPSA) is 46.6 Å². The van der Waals surface area contributed by atoms with Crippen molar-refractivity contribution in [3.05, 3.63) is 23.9 Å². The summed E-state index contributed by atoms with van der Waals surface area (Å²) in [6.07, 6.45) is 0.273. The van der Waals surface area contributed by atoms with Gasteiger partial charge in [0.15, 0.2) is 0 Å². The first kappa shape index (κ1) is 13.3. The van der Waals surface area contributed by atoms with E-state index in [1.54, 1.807) is 7.11 Å². The Kier molecular flexibility index (Phi) is 4.92. The van der Waals surface area contributed by atoms with Crippen LogP contribution in [0.2, 0.25) is 0 Å². The smallest absolute Gasteiger partial charge is 0.213 e. The number of rotatable bonds is 5. The molecule has 0 saturated carbocycles. The van der Waals surface area contributed by atoms with Crippen LogP contribution >= 0.6 is 0 Å². The fourth-order valence-electron chi connectivity index (χ4n) is 2.16. The van der Waals surface area contributed by atoms with Gasteiger partial charge < -0.3 is 14.8 Å². The Bertz CT molecular complexity index is 371. The van der Waals surface area contributed by atoms with Crippen LogP contribution in [0.4, 0.5) is 0 Å². The maximum atomic E-state index is 5.68. The Morgan fingerprint density at radius 1 is 1.56 bits per heavy atom. The van der Waals surface area contributed by atoms with Gasteiger partial charge in [0.05, 0.1) is 25.5 Å². The number of ether oxygens (including phenoxy) is 2. The molecule has 18 heavy (non-hydrogen) atoms. The predicted octanol–water partition coefficient (Wildman–Crippen LogP) is 0.510. The average molecular weight is 251 g/mol. The Balaban J connectivity index is 1.91. The molecule has 1 aromatic heterocycles. The van der Waals surface area contributed by atoms with E-state index in [4.69, 9.17) is 9.47 Å². The molecule has 2 heterocycles. The molecule has 5 heteroatoms. The van der Waals surface area contributed by atoms with Crippen molar-refractivity contribution in [3.8, 4) is 5.88 Å². The molecule has 1 aromatic rings. The van der Waals surface area contributed by atoms with Crippen LogP contribution in [0, 0.1) is 0 Å². The Labute approximate surface area is 108 Å². The second-order valence-corrected chi connectivity index (χ2v) is 4.46. The molecule has 0 spiro atoms. The van der Waals surface area contributed by atoms with Crippen LogP contribution in [0.1, 0.15) is 5.69 Å². The highest BCUT2D eigenvalue weighted by molar-refractivity contribution is 5.15. The highest BCUT2D eigenvalue weighted by Gasteiger charge is 2.20. The quantitative estimate of drug-likeness (QED) is 0.826. The summed E-state index contributed by atoms with van der Waals surface area (Å²) in [7, 11) is 3.59. The summed E-state index contributed by atoms with van der Waals surface area (Å²) < 4.78 is 10.8. The van der Waals surface area contributed by atoms with E-state index in [-0.39, 0.29) is 6.10 Å². The number of hydrogen-bond donors (Lipinski definition) is 1. The molecule has 1 fully saturated rings. The standard InChI is InChI=1S/C13H21N3O2/c1-14-8-12-10-16(6-7-18-12)9-11-4-3-5-13(15-11)17-2/h3-5,12,14H,6-10H2,1-2H3. The number of nitrogens with one attached hydrogen (secondary N) is 1. The molecule has 0 aliphatic carbocycles. The van der Waals surface area contributed by atoms with E-state index >= 15 is 0 Å². The summed E-state index contributed by atoms with van der Waals surface area (Å²) in [4.78, 5) is 6.80. The minimum Gasteiger partial charge on any atom is -0.481 e. The summed E-state index contributed by atoms with van der Waals surface area (Å²) in [6.45, 7) is 4.43. The van der Waals surface area contributed by atoms with Crippen LogP contribution in [0.15, 0.2) is 18.2 Å². The van der Waals surface area contributed by atoms with Crippen LogP contribution in [0.3, 0.4) is 0 Å². The van der Waals surface area contributed by atoms with E-state index in [1.807, 2.05) is 25.2 Å². The summed E-state index contributed by atoms with van der Waals surface area (Å²) >= 11 is 0. The van der Waals surface area contributed by atoms with Gasteiger partial charge in [-0.25, -0.2) is 4.98 Å². The molecule has 1 saturated heterocycles. The third-order valence-corrected chi connectivity index (χ3v) is 3.03. The molecular weight excluding hydrogens is 230 g/mol. The Morgan fingerprint density at radius 3 is 3.22 bits per heavy atom. The molecule has 1 aliphatic rings. The highest BCUT2D eigenvalue weighted by Crippen LogP contribution is 2.11. The van der Waals surface area contributed by atoms with E-state index in [0.29, 0.717) is 5.88 Å². The Morgan fingerprint density at radius 2 is 2.44 bits per heavy atom. The number of likely N-dealkylation sites (N-methyl/N-ethyl adjacent to an activating group) is 1. The summed E-state index contributed by atoms with van der Waals surface area (Å²) in [5.41, 5.74) is 1.04. The van der Waals surface area contributed by atoms with E-state index in [0.717, 1.165) is 38.5 Å². The molecule has 1 unspecified atom stereocenters. The van der Waals surface area contributed by atoms with E-state index in [9.17, 15) is 0 Å². The fraction of sp³-hybridized carbons (Fsp3) is 0.615. The van der Waals surface area contributed by atoms with Crippen LogP contribution in [0.25, 0.3) is 0 Å². The molecule has 0 amide bonds. The number of hydrogen-bond acceptors (Lipinski definition) is 5. The number of nitrogens with zero attached hydrogens (tertiary/aromatic N) is 2. The van der Waals surface area contributed by atoms with Crippen LogP contribution < -0.4 is 10.1 Å². The van der Waals surface area contributed by atoms with Crippen molar-refractivity contribution in [2.24, 2.45) is 0 Å². The first-order valence-corrected chi connectivity index (χ1v) is 6.30. The lowest BCUT2D eigenvalue weighted by atomic mass is 10.2. The zero-order valence-corrected chi connectivity index (χ0v) is 11.1. The first-order valence-electron chi connectivity index (χ1n) is 6.30. The molecule has 5 nitrogen and oxygen atoms in total. The number of aromatic nitrogens is 1. The van der Waals surface area contributed by atoms with Gasteiger partial charge >= 0.3 is 0 Å². The zero-order chi connectivity index (χ0) is 12.8. The van der Waals surface area contributed by atoms with Crippen LogP contribution in [0.5, 0.6) is 5.88 Å². The van der Waals surface area contributed by atoms with Gasteiger partial charge in [0.2, 0.25) is 5.88 Å². The lowest BCUT2D eigenvalue weighted by molar-refractivity contribution is -0.0295. The minimum absolute atomic E-state index is 0.273. The van der Waals surface area contributed by atoms with Gasteiger partial charge in [0, 0.05) is 32.2 Å². The molecular formula is C13H21N3O2. The molecule has 1 atom stereocenters. The van der Waals surface area contributed by atoms with Crippen molar-refractivity contribution >= 4 is 0 Å². The SMILES string of the molecule is CNCC1CN(Cc2cccc(OC)n2)CCO1. The largest absolute Gasteiger partial charge is 0.481 e. The third kappa shape index (κ3) is 3.66. The summed E-state index contributed by atoms with van der Waals surface area (Å²) in [5.74, 6) is 0.674. The van der Waals surface area contributed by atoms with E-state index < -0.39 is 0 Å². The van der Waals surface area contributed by atoms with Gasteiger partial charge in [-0.2, -0.15) is 0 Å². The van der Waals surface area contributed by atoms with Gasteiger partial charge in [0.25, 0.3) is 0 Å². The predicted molar refractivity (Wildman–Crippen MR) is 69.7 cm³/mol. The maximum absolute atomic E-state index is 5.68. The molecule has 0 radical (unpaired) electrons. The lowest BCUT2D eigenvalue weighted by Gasteiger charge is -2.32. The van der Waals surface area contributed by atoms with Gasteiger partial charge in [-0.3, -0.25) is 4.90 Å². The van der Waals surface area contributed by atoms with Gasteiger partial charge in [-0.15, -0.1) is 0 Å². The van der Waals surface area contributed by atoms with Crippen molar-refractivity contribution in [2.45, 2.75) is 12.6 Å². The van der Waals surface area contributed by atoms with E-state index in [1.165, 1.54) is 0 Å². The molecule has 0 aromatic carbocycles. The molecule has 100 valence electrons. The monoisotopic (exact) mass is 251 g/mol. The summed E-state index contributed by atoms with van der Waals surface area (Å²) in [5, 5.41) is 3.15. The summed E-state index contributed by atoms with van der Waals surface area (Å²) in [6, 6.07) is 5.88. The van der Waals surface area contributed by atoms with Crippen LogP contribution in [-0.4, -0.2) is 56.4 Å². The lowest BCUT2D eigenvalue weighted by Crippen LogP contribution is -2.45. The van der Waals surface area contributed by atoms with Gasteiger partial charge in [-0.05, 0) is 13.1 Å². The molecule has 0 bridgehead atoms. The van der Waals surface area contributed by atoms with Crippen molar-refractivity contribution in [2.75, 3.05) is 40.4 Å². The van der Waals surface area contributed by atoms with E-state index in [2.05, 4.69) is 15.2 Å². The number of pyridine rings is 1. The highest BCUT2D eigenvalue weighted by atomic mass is 16.5. The fourth-order valence-corrected chi connectivity index (χ4v) is 2.16. The van der Waals surface area contributed by atoms with Crippen LogP contribution in [-0.2, 0) is 11.3 Å². The van der Waals surface area contributed by atoms with Crippen molar-refractivity contribution in [3.63, 3.8) is 0 Å². The molecule has 2 rings (SSSR count). The normalized spacial score (nSPS) is 20.9. The number of methoxy groups -OCH3 is 1. The second kappa shape index (κ2) is 6.68. The Hall–Kier alpha value is -1.17. The zero-order valence-electron chi connectivity index (χ0n) is 11.1. The first-order chi connectivity index (χ1) is 8.81. The average Bonchev–Trinajstić information content (AvgIpc) is 2.40. The van der Waals surface area contributed by atoms with Crippen molar-refractivity contribution < 1.29 is 9.47 Å². The minimum atomic E-state index is 0.273.